The van der Waals surface area contributed by atoms with Crippen molar-refractivity contribution < 1.29 is 14.3 Å². The fourth-order valence-electron chi connectivity index (χ4n) is 2.31. The maximum Gasteiger partial charge on any atom is 0.333 e. The molecule has 1 unspecified atom stereocenters. The van der Waals surface area contributed by atoms with Crippen LogP contribution in [0.4, 0.5) is 0 Å². The van der Waals surface area contributed by atoms with Crippen LogP contribution in [0.25, 0.3) is 0 Å². The van der Waals surface area contributed by atoms with Gasteiger partial charge in [-0.1, -0.05) is 18.2 Å². The fourth-order valence-corrected chi connectivity index (χ4v) is 2.31. The summed E-state index contributed by atoms with van der Waals surface area (Å²) >= 11 is 0. The van der Waals surface area contributed by atoms with E-state index < -0.39 is 17.9 Å². The van der Waals surface area contributed by atoms with Crippen LogP contribution in [0.5, 0.6) is 0 Å². The monoisotopic (exact) mass is 315 g/mol. The minimum absolute atomic E-state index is 0.250. The van der Waals surface area contributed by atoms with Crippen LogP contribution >= 0.6 is 0 Å². The third kappa shape index (κ3) is 3.77. The Labute approximate surface area is 135 Å². The molecule has 1 amide bonds. The van der Waals surface area contributed by atoms with Gasteiger partial charge in [-0.2, -0.15) is 0 Å². The number of carbonyl (C=O) groups excluding carboxylic acids is 2. The molecule has 0 saturated heterocycles. The molecule has 1 N–H and O–H groups in total. The molecule has 0 bridgehead atoms. The Morgan fingerprint density at radius 3 is 2.70 bits per heavy atom. The molecule has 1 aromatic carbocycles. The molecule has 0 aliphatic heterocycles. The minimum Gasteiger partial charge on any atom is -0.464 e. The number of rotatable bonds is 5. The van der Waals surface area contributed by atoms with Crippen LogP contribution in [0.2, 0.25) is 0 Å². The van der Waals surface area contributed by atoms with E-state index >= 15 is 0 Å². The van der Waals surface area contributed by atoms with Gasteiger partial charge in [-0.05, 0) is 37.5 Å². The summed E-state index contributed by atoms with van der Waals surface area (Å²) in [5.41, 5.74) is 2.98. The molecule has 0 radical (unpaired) electrons. The summed E-state index contributed by atoms with van der Waals surface area (Å²) in [6, 6.07) is 4.78. The molecule has 0 aliphatic carbocycles. The van der Waals surface area contributed by atoms with E-state index in [1.165, 1.54) is 6.33 Å². The van der Waals surface area contributed by atoms with E-state index in [0.29, 0.717) is 0 Å². The van der Waals surface area contributed by atoms with E-state index in [0.717, 1.165) is 16.7 Å². The van der Waals surface area contributed by atoms with Crippen LogP contribution < -0.4 is 5.32 Å². The maximum absolute atomic E-state index is 12.4. The molecule has 1 atom stereocenters. The zero-order valence-corrected chi connectivity index (χ0v) is 13.8. The normalized spacial score (nSPS) is 11.8. The number of nitrogens with one attached hydrogen (secondary N) is 1. The molecule has 0 spiro atoms. The van der Waals surface area contributed by atoms with Crippen molar-refractivity contribution in [3.05, 3.63) is 53.1 Å². The lowest BCUT2D eigenvalue weighted by molar-refractivity contribution is -0.145. The SMILES string of the molecule is CCOC(=O)C(NC(=O)c1cn(C)cn1)c1cccc(C)c1C. The summed E-state index contributed by atoms with van der Waals surface area (Å²) in [5.74, 6) is -0.893. The summed E-state index contributed by atoms with van der Waals surface area (Å²) in [7, 11) is 1.78. The number of carbonyl (C=O) groups is 2. The van der Waals surface area contributed by atoms with Crippen LogP contribution in [0.15, 0.2) is 30.7 Å². The van der Waals surface area contributed by atoms with Gasteiger partial charge in [-0.3, -0.25) is 4.79 Å². The topological polar surface area (TPSA) is 73.2 Å². The smallest absolute Gasteiger partial charge is 0.333 e. The third-order valence-corrected chi connectivity index (χ3v) is 3.69. The second-order valence-electron chi connectivity index (χ2n) is 5.37. The van der Waals surface area contributed by atoms with E-state index in [1.807, 2.05) is 32.0 Å². The van der Waals surface area contributed by atoms with Crippen LogP contribution in [0.1, 0.15) is 40.1 Å². The lowest BCUT2D eigenvalue weighted by Crippen LogP contribution is -2.35. The highest BCUT2D eigenvalue weighted by Gasteiger charge is 2.27. The highest BCUT2D eigenvalue weighted by atomic mass is 16.5. The van der Waals surface area contributed by atoms with Gasteiger partial charge in [0.2, 0.25) is 0 Å². The molecule has 6 nitrogen and oxygen atoms in total. The Hall–Kier alpha value is -2.63. The second-order valence-corrected chi connectivity index (χ2v) is 5.37. The van der Waals surface area contributed by atoms with E-state index in [9.17, 15) is 9.59 Å². The van der Waals surface area contributed by atoms with Gasteiger partial charge in [0.1, 0.15) is 5.69 Å². The van der Waals surface area contributed by atoms with E-state index in [1.54, 1.807) is 24.7 Å². The number of hydrogen-bond acceptors (Lipinski definition) is 4. The molecular formula is C17H21N3O3. The number of aryl methyl sites for hydroxylation is 2. The quantitative estimate of drug-likeness (QED) is 0.857. The molecule has 23 heavy (non-hydrogen) atoms. The molecule has 2 aromatic rings. The highest BCUT2D eigenvalue weighted by Crippen LogP contribution is 2.22. The summed E-state index contributed by atoms with van der Waals surface area (Å²) in [6.45, 7) is 5.86. The van der Waals surface area contributed by atoms with Gasteiger partial charge in [-0.15, -0.1) is 0 Å². The van der Waals surface area contributed by atoms with E-state index in [-0.39, 0.29) is 12.3 Å². The van der Waals surface area contributed by atoms with Crippen molar-refractivity contribution >= 4 is 11.9 Å². The molecule has 1 heterocycles. The average molecular weight is 315 g/mol. The second kappa shape index (κ2) is 7.09. The summed E-state index contributed by atoms with van der Waals surface area (Å²) in [4.78, 5) is 28.7. The number of amides is 1. The largest absolute Gasteiger partial charge is 0.464 e. The summed E-state index contributed by atoms with van der Waals surface area (Å²) in [5, 5.41) is 2.73. The van der Waals surface area contributed by atoms with Crippen LogP contribution in [0.3, 0.4) is 0 Å². The summed E-state index contributed by atoms with van der Waals surface area (Å²) < 4.78 is 6.79. The Balaban J connectivity index is 2.33. The van der Waals surface area contributed by atoms with Crippen molar-refractivity contribution in [1.82, 2.24) is 14.9 Å². The van der Waals surface area contributed by atoms with Crippen molar-refractivity contribution in [2.75, 3.05) is 6.61 Å². The average Bonchev–Trinajstić information content (AvgIpc) is 2.95. The van der Waals surface area contributed by atoms with Crippen LogP contribution in [0, 0.1) is 13.8 Å². The van der Waals surface area contributed by atoms with E-state index in [4.69, 9.17) is 4.74 Å². The first kappa shape index (κ1) is 16.7. The number of benzene rings is 1. The molecule has 2 rings (SSSR count). The Bertz CT molecular complexity index is 722. The maximum atomic E-state index is 12.4. The first-order valence-electron chi connectivity index (χ1n) is 7.45. The molecule has 6 heteroatoms. The predicted molar refractivity (Wildman–Crippen MR) is 86.0 cm³/mol. The van der Waals surface area contributed by atoms with Crippen molar-refractivity contribution in [1.29, 1.82) is 0 Å². The first-order chi connectivity index (χ1) is 10.9. The predicted octanol–water partition coefficient (Wildman–Crippen LogP) is 2.07. The van der Waals surface area contributed by atoms with Crippen LogP contribution in [-0.2, 0) is 16.6 Å². The Kier molecular flexibility index (Phi) is 5.16. The minimum atomic E-state index is -0.857. The standard InChI is InChI=1S/C17H21N3O3/c1-5-23-17(22)15(13-8-6-7-11(2)12(13)3)19-16(21)14-9-20(4)10-18-14/h6-10,15H,5H2,1-4H3,(H,19,21). The van der Waals surface area contributed by atoms with Gasteiger partial charge in [0.05, 0.1) is 12.9 Å². The summed E-state index contributed by atoms with van der Waals surface area (Å²) in [6.07, 6.45) is 3.13. The Morgan fingerprint density at radius 2 is 2.09 bits per heavy atom. The number of aromatic nitrogens is 2. The highest BCUT2D eigenvalue weighted by molar-refractivity contribution is 5.95. The van der Waals surface area contributed by atoms with Crippen LogP contribution in [-0.4, -0.2) is 28.0 Å². The number of esters is 1. The molecule has 1 aromatic heterocycles. The number of hydrogen-bond donors (Lipinski definition) is 1. The van der Waals surface area contributed by atoms with Gasteiger partial charge >= 0.3 is 5.97 Å². The number of imidazole rings is 1. The van der Waals surface area contributed by atoms with Crippen molar-refractivity contribution in [2.24, 2.45) is 7.05 Å². The molecule has 0 saturated carbocycles. The Morgan fingerprint density at radius 1 is 1.35 bits per heavy atom. The zero-order chi connectivity index (χ0) is 17.0. The number of ether oxygens (including phenoxy) is 1. The molecular weight excluding hydrogens is 294 g/mol. The molecule has 0 fully saturated rings. The fraction of sp³-hybridized carbons (Fsp3) is 0.353. The molecule has 122 valence electrons. The third-order valence-electron chi connectivity index (χ3n) is 3.69. The first-order valence-corrected chi connectivity index (χ1v) is 7.45. The van der Waals surface area contributed by atoms with Gasteiger partial charge in [0.25, 0.3) is 5.91 Å². The lowest BCUT2D eigenvalue weighted by Gasteiger charge is -2.20. The van der Waals surface area contributed by atoms with E-state index in [2.05, 4.69) is 10.3 Å². The van der Waals surface area contributed by atoms with Crippen molar-refractivity contribution in [3.8, 4) is 0 Å². The van der Waals surface area contributed by atoms with Gasteiger partial charge in [0.15, 0.2) is 6.04 Å². The van der Waals surface area contributed by atoms with Crippen molar-refractivity contribution in [2.45, 2.75) is 26.8 Å². The zero-order valence-electron chi connectivity index (χ0n) is 13.8. The van der Waals surface area contributed by atoms with Gasteiger partial charge < -0.3 is 14.6 Å². The molecule has 0 aliphatic rings. The van der Waals surface area contributed by atoms with Gasteiger partial charge in [-0.25, -0.2) is 9.78 Å². The number of nitrogens with zero attached hydrogens (tertiary/aromatic N) is 2. The van der Waals surface area contributed by atoms with Crippen molar-refractivity contribution in [3.63, 3.8) is 0 Å². The van der Waals surface area contributed by atoms with Gasteiger partial charge in [0, 0.05) is 13.2 Å². The lowest BCUT2D eigenvalue weighted by atomic mass is 9.97.